The number of hydrogen-bond donors (Lipinski definition) is 0. The Morgan fingerprint density at radius 1 is 1.00 bits per heavy atom. The van der Waals surface area contributed by atoms with Gasteiger partial charge >= 0.3 is 6.61 Å². The molecule has 8 heteroatoms. The molecule has 0 aliphatic carbocycles. The highest BCUT2D eigenvalue weighted by Crippen LogP contribution is 2.34. The van der Waals surface area contributed by atoms with Crippen LogP contribution in [-0.2, 0) is 0 Å². The third-order valence-corrected chi connectivity index (χ3v) is 3.16. The van der Waals surface area contributed by atoms with Gasteiger partial charge in [0.1, 0.15) is 5.82 Å². The van der Waals surface area contributed by atoms with E-state index in [2.05, 4.69) is 14.9 Å². The highest BCUT2D eigenvalue weighted by atomic mass is 19.3. The number of ether oxygens (including phenoxy) is 2. The lowest BCUT2D eigenvalue weighted by molar-refractivity contribution is -0.0512. The van der Waals surface area contributed by atoms with E-state index in [4.69, 9.17) is 9.15 Å². The van der Waals surface area contributed by atoms with Crippen LogP contribution < -0.4 is 9.47 Å². The number of rotatable bonds is 5. The van der Waals surface area contributed by atoms with Crippen molar-refractivity contribution in [2.45, 2.75) is 6.61 Å². The minimum Gasteiger partial charge on any atom is -0.493 e. The molecule has 0 saturated heterocycles. The van der Waals surface area contributed by atoms with Gasteiger partial charge in [0.15, 0.2) is 11.5 Å². The van der Waals surface area contributed by atoms with Crippen molar-refractivity contribution in [1.82, 2.24) is 10.2 Å². The quantitative estimate of drug-likeness (QED) is 0.700. The molecule has 0 saturated carbocycles. The van der Waals surface area contributed by atoms with Crippen LogP contribution >= 0.6 is 0 Å². The lowest BCUT2D eigenvalue weighted by Crippen LogP contribution is -2.03. The second-order valence-corrected chi connectivity index (χ2v) is 4.64. The summed E-state index contributed by atoms with van der Waals surface area (Å²) in [7, 11) is 1.32. The van der Waals surface area contributed by atoms with E-state index in [-0.39, 0.29) is 28.8 Å². The zero-order chi connectivity index (χ0) is 17.1. The first kappa shape index (κ1) is 15.9. The number of alkyl halides is 2. The Labute approximate surface area is 134 Å². The van der Waals surface area contributed by atoms with Crippen LogP contribution in [0, 0.1) is 5.82 Å². The van der Waals surface area contributed by atoms with Crippen LogP contribution in [0.4, 0.5) is 13.2 Å². The zero-order valence-electron chi connectivity index (χ0n) is 12.4. The minimum absolute atomic E-state index is 0.00923. The fourth-order valence-electron chi connectivity index (χ4n) is 2.08. The minimum atomic E-state index is -2.97. The Morgan fingerprint density at radius 3 is 2.46 bits per heavy atom. The molecule has 0 aliphatic rings. The van der Waals surface area contributed by atoms with Gasteiger partial charge in [0.25, 0.3) is 5.89 Å². The molecular formula is C16H11F3N2O3. The molecule has 0 radical (unpaired) electrons. The molecule has 3 rings (SSSR count). The summed E-state index contributed by atoms with van der Waals surface area (Å²) in [5.41, 5.74) is 0.587. The molecule has 0 spiro atoms. The maximum absolute atomic E-state index is 13.7. The van der Waals surface area contributed by atoms with Crippen molar-refractivity contribution in [3.63, 3.8) is 0 Å². The molecule has 0 aliphatic heterocycles. The van der Waals surface area contributed by atoms with Crippen LogP contribution in [0.2, 0.25) is 0 Å². The van der Waals surface area contributed by atoms with E-state index in [9.17, 15) is 13.2 Å². The fraction of sp³-hybridized carbons (Fsp3) is 0.125. The van der Waals surface area contributed by atoms with Gasteiger partial charge in [-0.05, 0) is 30.3 Å². The number of halogens is 3. The molecule has 0 unspecified atom stereocenters. The lowest BCUT2D eigenvalue weighted by Gasteiger charge is -2.10. The lowest BCUT2D eigenvalue weighted by atomic mass is 10.2. The predicted octanol–water partition coefficient (Wildman–Crippen LogP) is 4.15. The Bertz CT molecular complexity index is 852. The van der Waals surface area contributed by atoms with Crippen molar-refractivity contribution < 1.29 is 27.1 Å². The van der Waals surface area contributed by atoms with Crippen LogP contribution in [0.5, 0.6) is 11.5 Å². The molecule has 0 atom stereocenters. The first-order chi connectivity index (χ1) is 11.6. The van der Waals surface area contributed by atoms with Crippen molar-refractivity contribution in [1.29, 1.82) is 0 Å². The van der Waals surface area contributed by atoms with E-state index in [1.54, 1.807) is 12.1 Å². The molecule has 3 aromatic rings. The van der Waals surface area contributed by atoms with Gasteiger partial charge in [0.2, 0.25) is 5.89 Å². The molecule has 5 nitrogen and oxygen atoms in total. The highest BCUT2D eigenvalue weighted by Gasteiger charge is 2.16. The van der Waals surface area contributed by atoms with Crippen LogP contribution in [-0.4, -0.2) is 23.9 Å². The monoisotopic (exact) mass is 336 g/mol. The summed E-state index contributed by atoms with van der Waals surface area (Å²) >= 11 is 0. The Morgan fingerprint density at radius 2 is 1.75 bits per heavy atom. The smallest absolute Gasteiger partial charge is 0.387 e. The molecule has 0 fully saturated rings. The second-order valence-electron chi connectivity index (χ2n) is 4.64. The van der Waals surface area contributed by atoms with Crippen LogP contribution in [0.15, 0.2) is 46.9 Å². The van der Waals surface area contributed by atoms with Gasteiger partial charge in [0.05, 0.1) is 12.7 Å². The molecule has 0 N–H and O–H groups in total. The third kappa shape index (κ3) is 3.17. The Balaban J connectivity index is 1.94. The van der Waals surface area contributed by atoms with Crippen molar-refractivity contribution in [2.24, 2.45) is 0 Å². The van der Waals surface area contributed by atoms with Crippen molar-refractivity contribution >= 4 is 0 Å². The molecule has 24 heavy (non-hydrogen) atoms. The van der Waals surface area contributed by atoms with E-state index in [0.717, 1.165) is 0 Å². The molecule has 0 bridgehead atoms. The maximum Gasteiger partial charge on any atom is 0.387 e. The molecule has 124 valence electrons. The van der Waals surface area contributed by atoms with Crippen molar-refractivity contribution in [3.8, 4) is 34.4 Å². The summed E-state index contributed by atoms with van der Waals surface area (Å²) in [6.45, 7) is -2.97. The average molecular weight is 336 g/mol. The van der Waals surface area contributed by atoms with Gasteiger partial charge < -0.3 is 13.9 Å². The van der Waals surface area contributed by atoms with E-state index in [0.29, 0.717) is 5.56 Å². The zero-order valence-corrected chi connectivity index (χ0v) is 12.4. The summed E-state index contributed by atoms with van der Waals surface area (Å²) in [4.78, 5) is 0. The molecular weight excluding hydrogens is 325 g/mol. The molecule has 1 heterocycles. The molecule has 1 aromatic heterocycles. The number of benzene rings is 2. The standard InChI is InChI=1S/C16H11F3N2O3/c1-22-13-8-9(6-7-12(13)23-16(18)19)14-20-21-15(24-14)10-4-2-3-5-11(10)17/h2-8,16H,1H3. The Kier molecular flexibility index (Phi) is 4.37. The van der Waals surface area contributed by atoms with Gasteiger partial charge in [0, 0.05) is 5.56 Å². The first-order valence-corrected chi connectivity index (χ1v) is 6.80. The van der Waals surface area contributed by atoms with E-state index in [1.165, 1.54) is 37.4 Å². The van der Waals surface area contributed by atoms with Crippen LogP contribution in [0.25, 0.3) is 22.9 Å². The van der Waals surface area contributed by atoms with Gasteiger partial charge in [-0.3, -0.25) is 0 Å². The van der Waals surface area contributed by atoms with Gasteiger partial charge in [-0.2, -0.15) is 8.78 Å². The SMILES string of the molecule is COc1cc(-c2nnc(-c3ccccc3F)o2)ccc1OC(F)F. The molecule has 0 amide bonds. The van der Waals surface area contributed by atoms with Gasteiger partial charge in [-0.25, -0.2) is 4.39 Å². The topological polar surface area (TPSA) is 57.4 Å². The average Bonchev–Trinajstić information content (AvgIpc) is 3.05. The van der Waals surface area contributed by atoms with E-state index >= 15 is 0 Å². The van der Waals surface area contributed by atoms with Crippen LogP contribution in [0.1, 0.15) is 0 Å². The largest absolute Gasteiger partial charge is 0.493 e. The summed E-state index contributed by atoms with van der Waals surface area (Å²) in [6.07, 6.45) is 0. The van der Waals surface area contributed by atoms with E-state index in [1.807, 2.05) is 0 Å². The summed E-state index contributed by atoms with van der Waals surface area (Å²) in [6, 6.07) is 10.1. The van der Waals surface area contributed by atoms with Crippen LogP contribution in [0.3, 0.4) is 0 Å². The van der Waals surface area contributed by atoms with Crippen molar-refractivity contribution in [3.05, 3.63) is 48.3 Å². The van der Waals surface area contributed by atoms with Crippen molar-refractivity contribution in [2.75, 3.05) is 7.11 Å². The number of nitrogens with zero attached hydrogens (tertiary/aromatic N) is 2. The maximum atomic E-state index is 13.7. The summed E-state index contributed by atoms with van der Waals surface area (Å²) in [5.74, 6) is -0.431. The third-order valence-electron chi connectivity index (χ3n) is 3.16. The number of aromatic nitrogens is 2. The number of hydrogen-bond acceptors (Lipinski definition) is 5. The second kappa shape index (κ2) is 6.61. The highest BCUT2D eigenvalue weighted by molar-refractivity contribution is 5.62. The molecule has 2 aromatic carbocycles. The predicted molar refractivity (Wildman–Crippen MR) is 78.3 cm³/mol. The summed E-state index contributed by atoms with van der Waals surface area (Å²) < 4.78 is 53.2. The number of methoxy groups -OCH3 is 1. The Hall–Kier alpha value is -3.03. The van der Waals surface area contributed by atoms with Gasteiger partial charge in [-0.15, -0.1) is 10.2 Å². The normalized spacial score (nSPS) is 10.9. The van der Waals surface area contributed by atoms with Gasteiger partial charge in [-0.1, -0.05) is 12.1 Å². The first-order valence-electron chi connectivity index (χ1n) is 6.80. The summed E-state index contributed by atoms with van der Waals surface area (Å²) in [5, 5.41) is 7.64. The fourth-order valence-corrected chi connectivity index (χ4v) is 2.08. The van der Waals surface area contributed by atoms with E-state index < -0.39 is 12.4 Å².